The van der Waals surface area contributed by atoms with Crippen LogP contribution in [-0.2, 0) is 0 Å². The summed E-state index contributed by atoms with van der Waals surface area (Å²) in [5, 5.41) is 3.62. The Hall–Kier alpha value is -1.05. The lowest BCUT2D eigenvalue weighted by atomic mass is 9.91. The minimum atomic E-state index is 0.480. The van der Waals surface area contributed by atoms with Gasteiger partial charge in [-0.2, -0.15) is 0 Å². The van der Waals surface area contributed by atoms with Gasteiger partial charge < -0.3 is 5.32 Å². The van der Waals surface area contributed by atoms with Gasteiger partial charge in [0.05, 0.1) is 5.69 Å². The molecule has 1 N–H and O–H groups in total. The molecule has 1 aliphatic carbocycles. The summed E-state index contributed by atoms with van der Waals surface area (Å²) in [5.74, 6) is 0.746. The van der Waals surface area contributed by atoms with Crippen molar-refractivity contribution in [2.75, 3.05) is 5.32 Å². The Balaban J connectivity index is 2.06. The molecule has 1 aromatic rings. The highest BCUT2D eigenvalue weighted by atomic mass is 14.9. The molecule has 1 aliphatic rings. The molecule has 16 heavy (non-hydrogen) atoms. The summed E-state index contributed by atoms with van der Waals surface area (Å²) < 4.78 is 0. The molecule has 1 aromatic heterocycles. The third-order valence-electron chi connectivity index (χ3n) is 3.56. The van der Waals surface area contributed by atoms with Crippen LogP contribution in [0.5, 0.6) is 0 Å². The molecule has 0 aliphatic heterocycles. The highest BCUT2D eigenvalue weighted by Crippen LogP contribution is 2.41. The highest BCUT2D eigenvalue weighted by Gasteiger charge is 2.36. The van der Waals surface area contributed by atoms with Crippen molar-refractivity contribution in [1.82, 2.24) is 4.98 Å². The smallest absolute Gasteiger partial charge is 0.0531 e. The fourth-order valence-electron chi connectivity index (χ4n) is 2.93. The van der Waals surface area contributed by atoms with Crippen molar-refractivity contribution in [3.8, 4) is 0 Å². The Morgan fingerprint density at radius 1 is 1.31 bits per heavy atom. The normalized spacial score (nSPS) is 28.0. The van der Waals surface area contributed by atoms with Gasteiger partial charge in [0, 0.05) is 18.4 Å². The van der Waals surface area contributed by atoms with Gasteiger partial charge in [-0.25, -0.2) is 0 Å². The number of aryl methyl sites for hydroxylation is 1. The topological polar surface area (TPSA) is 24.9 Å². The van der Waals surface area contributed by atoms with Crippen LogP contribution in [0.15, 0.2) is 18.5 Å². The van der Waals surface area contributed by atoms with E-state index in [4.69, 9.17) is 0 Å². The lowest BCUT2D eigenvalue weighted by molar-refractivity contribution is 0.366. The van der Waals surface area contributed by atoms with Crippen molar-refractivity contribution >= 4 is 5.69 Å². The average molecular weight is 218 g/mol. The molecular formula is C14H22N2. The van der Waals surface area contributed by atoms with Crippen LogP contribution in [0.2, 0.25) is 0 Å². The molecular weight excluding hydrogens is 196 g/mol. The van der Waals surface area contributed by atoms with Gasteiger partial charge in [0.1, 0.15) is 0 Å². The number of hydrogen-bond acceptors (Lipinski definition) is 2. The monoisotopic (exact) mass is 218 g/mol. The molecule has 1 heterocycles. The number of aromatic nitrogens is 1. The maximum atomic E-state index is 4.23. The fourth-order valence-corrected chi connectivity index (χ4v) is 2.93. The first-order chi connectivity index (χ1) is 7.46. The van der Waals surface area contributed by atoms with Gasteiger partial charge in [-0.15, -0.1) is 0 Å². The zero-order chi connectivity index (χ0) is 11.8. The number of hydrogen-bond donors (Lipinski definition) is 1. The van der Waals surface area contributed by atoms with Gasteiger partial charge in [0.2, 0.25) is 0 Å². The standard InChI is InChI=1S/C14H22N2/c1-10-5-12(9-15-8-10)16-13-7-14(3,4)6-11(13)2/h5,8-9,11,13,16H,6-7H2,1-4H3. The third-order valence-corrected chi connectivity index (χ3v) is 3.56. The minimum Gasteiger partial charge on any atom is -0.381 e. The number of pyridine rings is 1. The second-order valence-electron chi connectivity index (χ2n) is 6.05. The summed E-state index contributed by atoms with van der Waals surface area (Å²) in [6.07, 6.45) is 6.38. The van der Waals surface area contributed by atoms with Crippen molar-refractivity contribution in [3.05, 3.63) is 24.0 Å². The molecule has 0 radical (unpaired) electrons. The molecule has 88 valence electrons. The molecule has 2 rings (SSSR count). The minimum absolute atomic E-state index is 0.480. The lowest BCUT2D eigenvalue weighted by Crippen LogP contribution is -2.22. The van der Waals surface area contributed by atoms with Gasteiger partial charge in [-0.1, -0.05) is 20.8 Å². The Bertz CT molecular complexity index is 371. The van der Waals surface area contributed by atoms with Gasteiger partial charge in [0.15, 0.2) is 0 Å². The van der Waals surface area contributed by atoms with Crippen LogP contribution in [-0.4, -0.2) is 11.0 Å². The summed E-state index contributed by atoms with van der Waals surface area (Å²) >= 11 is 0. The Morgan fingerprint density at radius 3 is 2.62 bits per heavy atom. The zero-order valence-electron chi connectivity index (χ0n) is 10.7. The van der Waals surface area contributed by atoms with Crippen LogP contribution in [0, 0.1) is 18.3 Å². The van der Waals surface area contributed by atoms with E-state index in [1.54, 1.807) is 0 Å². The summed E-state index contributed by atoms with van der Waals surface area (Å²) in [6.45, 7) is 9.15. The van der Waals surface area contributed by atoms with Crippen LogP contribution in [0.3, 0.4) is 0 Å². The largest absolute Gasteiger partial charge is 0.381 e. The Morgan fingerprint density at radius 2 is 2.06 bits per heavy atom. The molecule has 0 saturated heterocycles. The Labute approximate surface area is 98.5 Å². The molecule has 0 bridgehead atoms. The van der Waals surface area contributed by atoms with Crippen molar-refractivity contribution in [1.29, 1.82) is 0 Å². The molecule has 2 nitrogen and oxygen atoms in total. The van der Waals surface area contributed by atoms with E-state index >= 15 is 0 Å². The maximum Gasteiger partial charge on any atom is 0.0531 e. The number of nitrogens with zero attached hydrogens (tertiary/aromatic N) is 1. The third kappa shape index (κ3) is 2.55. The van der Waals surface area contributed by atoms with Gasteiger partial charge in [0.25, 0.3) is 0 Å². The summed E-state index contributed by atoms with van der Waals surface area (Å²) in [7, 11) is 0. The fraction of sp³-hybridized carbons (Fsp3) is 0.643. The van der Waals surface area contributed by atoms with E-state index in [0.29, 0.717) is 11.5 Å². The van der Waals surface area contributed by atoms with Crippen molar-refractivity contribution in [3.63, 3.8) is 0 Å². The van der Waals surface area contributed by atoms with E-state index in [1.807, 2.05) is 12.4 Å². The molecule has 2 unspecified atom stereocenters. The van der Waals surface area contributed by atoms with Crippen LogP contribution >= 0.6 is 0 Å². The number of nitrogens with one attached hydrogen (secondary N) is 1. The molecule has 0 amide bonds. The predicted molar refractivity (Wildman–Crippen MR) is 68.6 cm³/mol. The zero-order valence-corrected chi connectivity index (χ0v) is 10.7. The van der Waals surface area contributed by atoms with Crippen molar-refractivity contribution < 1.29 is 0 Å². The van der Waals surface area contributed by atoms with E-state index in [0.717, 1.165) is 11.6 Å². The first-order valence-corrected chi connectivity index (χ1v) is 6.14. The average Bonchev–Trinajstić information content (AvgIpc) is 2.39. The molecule has 1 saturated carbocycles. The van der Waals surface area contributed by atoms with Crippen LogP contribution in [0.25, 0.3) is 0 Å². The molecule has 1 fully saturated rings. The van der Waals surface area contributed by atoms with Gasteiger partial charge >= 0.3 is 0 Å². The second kappa shape index (κ2) is 4.08. The molecule has 0 aromatic carbocycles. The van der Waals surface area contributed by atoms with Crippen molar-refractivity contribution in [2.24, 2.45) is 11.3 Å². The second-order valence-corrected chi connectivity index (χ2v) is 6.05. The Kier molecular flexibility index (Phi) is 2.92. The SMILES string of the molecule is Cc1cncc(NC2CC(C)(C)CC2C)c1. The van der Waals surface area contributed by atoms with Gasteiger partial charge in [-0.3, -0.25) is 4.98 Å². The predicted octanol–water partition coefficient (Wildman–Crippen LogP) is 3.63. The van der Waals surface area contributed by atoms with E-state index in [-0.39, 0.29) is 0 Å². The van der Waals surface area contributed by atoms with Crippen LogP contribution in [0.4, 0.5) is 5.69 Å². The number of anilines is 1. The quantitative estimate of drug-likeness (QED) is 0.820. The van der Waals surface area contributed by atoms with Crippen LogP contribution < -0.4 is 5.32 Å². The molecule has 2 heteroatoms. The highest BCUT2D eigenvalue weighted by molar-refractivity contribution is 5.43. The summed E-state index contributed by atoms with van der Waals surface area (Å²) in [5.41, 5.74) is 2.86. The van der Waals surface area contributed by atoms with Gasteiger partial charge in [-0.05, 0) is 42.7 Å². The lowest BCUT2D eigenvalue weighted by Gasteiger charge is -2.19. The van der Waals surface area contributed by atoms with Crippen LogP contribution in [0.1, 0.15) is 39.2 Å². The first kappa shape index (κ1) is 11.4. The van der Waals surface area contributed by atoms with E-state index in [1.165, 1.54) is 18.4 Å². The molecule has 0 spiro atoms. The molecule has 2 atom stereocenters. The number of rotatable bonds is 2. The first-order valence-electron chi connectivity index (χ1n) is 6.14. The van der Waals surface area contributed by atoms with Crippen molar-refractivity contribution in [2.45, 2.75) is 46.6 Å². The summed E-state index contributed by atoms with van der Waals surface area (Å²) in [4.78, 5) is 4.23. The summed E-state index contributed by atoms with van der Waals surface area (Å²) in [6, 6.07) is 2.77. The maximum absolute atomic E-state index is 4.23. The van der Waals surface area contributed by atoms with E-state index in [2.05, 4.69) is 44.1 Å². The van der Waals surface area contributed by atoms with E-state index in [9.17, 15) is 0 Å². The van der Waals surface area contributed by atoms with E-state index < -0.39 is 0 Å².